The van der Waals surface area contributed by atoms with Crippen LogP contribution < -0.4 is 10.5 Å². The van der Waals surface area contributed by atoms with Gasteiger partial charge in [0.1, 0.15) is 11.6 Å². The Balaban J connectivity index is 2.52. The van der Waals surface area contributed by atoms with Gasteiger partial charge in [0, 0.05) is 19.3 Å². The van der Waals surface area contributed by atoms with Crippen molar-refractivity contribution in [1.82, 2.24) is 9.88 Å². The second-order valence-electron chi connectivity index (χ2n) is 3.67. The van der Waals surface area contributed by atoms with E-state index in [1.165, 1.54) is 0 Å². The minimum atomic E-state index is 0.397. The predicted octanol–water partition coefficient (Wildman–Crippen LogP) is 1.91. The van der Waals surface area contributed by atoms with E-state index in [4.69, 9.17) is 22.1 Å². The zero-order chi connectivity index (χ0) is 12.7. The molecule has 0 saturated carbocycles. The minimum Gasteiger partial charge on any atom is -0.475 e. The van der Waals surface area contributed by atoms with E-state index >= 15 is 0 Å². The van der Waals surface area contributed by atoms with E-state index in [2.05, 4.69) is 23.7 Å². The monoisotopic (exact) mass is 257 g/mol. The molecule has 0 unspecified atom stereocenters. The second kappa shape index (κ2) is 7.48. The maximum absolute atomic E-state index is 6.11. The highest BCUT2D eigenvalue weighted by Crippen LogP contribution is 2.24. The van der Waals surface area contributed by atoms with Crippen molar-refractivity contribution in [2.45, 2.75) is 20.4 Å². The van der Waals surface area contributed by atoms with Crippen molar-refractivity contribution in [3.8, 4) is 5.88 Å². The molecule has 0 aliphatic rings. The van der Waals surface area contributed by atoms with Crippen LogP contribution in [0.5, 0.6) is 5.88 Å². The Morgan fingerprint density at radius 2 is 2.12 bits per heavy atom. The average molecular weight is 258 g/mol. The summed E-state index contributed by atoms with van der Waals surface area (Å²) in [5.41, 5.74) is 6.42. The summed E-state index contributed by atoms with van der Waals surface area (Å²) in [6, 6.07) is 1.81. The smallest absolute Gasteiger partial charge is 0.232 e. The number of ether oxygens (including phenoxy) is 1. The molecule has 0 fully saturated rings. The Morgan fingerprint density at radius 1 is 1.41 bits per heavy atom. The Morgan fingerprint density at radius 3 is 2.71 bits per heavy atom. The van der Waals surface area contributed by atoms with Crippen LogP contribution in [-0.2, 0) is 6.54 Å². The number of halogens is 1. The zero-order valence-electron chi connectivity index (χ0n) is 10.4. The van der Waals surface area contributed by atoms with Gasteiger partial charge in [-0.15, -0.1) is 0 Å². The number of hydrogen-bond donors (Lipinski definition) is 1. The number of aromatic nitrogens is 1. The van der Waals surface area contributed by atoms with Crippen LogP contribution in [0.4, 0.5) is 0 Å². The molecule has 1 rings (SSSR count). The van der Waals surface area contributed by atoms with Gasteiger partial charge in [-0.25, -0.2) is 4.98 Å². The van der Waals surface area contributed by atoms with Gasteiger partial charge >= 0.3 is 0 Å². The topological polar surface area (TPSA) is 51.4 Å². The number of likely N-dealkylation sites (N-methyl/N-ethyl adjacent to an activating group) is 1. The van der Waals surface area contributed by atoms with E-state index in [1.807, 2.05) is 0 Å². The third kappa shape index (κ3) is 4.15. The van der Waals surface area contributed by atoms with Crippen LogP contribution in [0.15, 0.2) is 12.3 Å². The van der Waals surface area contributed by atoms with Crippen molar-refractivity contribution in [2.24, 2.45) is 5.73 Å². The fraction of sp³-hybridized carbons (Fsp3) is 0.583. The SMILES string of the molecule is CCN(CC)CCOc1nccc(CN)c1Cl. The Hall–Kier alpha value is -0.840. The first-order chi connectivity index (χ1) is 8.22. The first-order valence-corrected chi connectivity index (χ1v) is 6.29. The summed E-state index contributed by atoms with van der Waals surface area (Å²) in [4.78, 5) is 6.39. The van der Waals surface area contributed by atoms with Gasteiger partial charge in [-0.05, 0) is 24.7 Å². The number of nitrogens with two attached hydrogens (primary N) is 1. The third-order valence-electron chi connectivity index (χ3n) is 2.70. The third-order valence-corrected chi connectivity index (χ3v) is 3.10. The summed E-state index contributed by atoms with van der Waals surface area (Å²) >= 11 is 6.11. The molecule has 0 aromatic carbocycles. The molecule has 96 valence electrons. The molecule has 1 heterocycles. The van der Waals surface area contributed by atoms with Crippen molar-refractivity contribution in [3.63, 3.8) is 0 Å². The van der Waals surface area contributed by atoms with Gasteiger partial charge in [0.05, 0.1) is 0 Å². The maximum atomic E-state index is 6.11. The highest BCUT2D eigenvalue weighted by atomic mass is 35.5. The molecule has 0 spiro atoms. The van der Waals surface area contributed by atoms with Crippen molar-refractivity contribution < 1.29 is 4.74 Å². The lowest BCUT2D eigenvalue weighted by atomic mass is 10.3. The Bertz CT molecular complexity index is 343. The molecule has 0 amide bonds. The van der Waals surface area contributed by atoms with Crippen LogP contribution in [0.25, 0.3) is 0 Å². The van der Waals surface area contributed by atoms with E-state index in [-0.39, 0.29) is 0 Å². The molecule has 5 heteroatoms. The lowest BCUT2D eigenvalue weighted by Crippen LogP contribution is -2.28. The molecule has 0 aliphatic carbocycles. The number of hydrogen-bond acceptors (Lipinski definition) is 4. The standard InChI is InChI=1S/C12H20ClN3O/c1-3-16(4-2)7-8-17-12-11(13)10(9-14)5-6-15-12/h5-6H,3-4,7-9,14H2,1-2H3. The first kappa shape index (κ1) is 14.2. The van der Waals surface area contributed by atoms with Crippen molar-refractivity contribution in [3.05, 3.63) is 22.8 Å². The summed E-state index contributed by atoms with van der Waals surface area (Å²) in [5.74, 6) is 0.474. The lowest BCUT2D eigenvalue weighted by Gasteiger charge is -2.18. The summed E-state index contributed by atoms with van der Waals surface area (Å²) in [6.45, 7) is 8.15. The van der Waals surface area contributed by atoms with Gasteiger partial charge in [0.25, 0.3) is 0 Å². The zero-order valence-corrected chi connectivity index (χ0v) is 11.2. The normalized spacial score (nSPS) is 10.9. The molecule has 0 atom stereocenters. The van der Waals surface area contributed by atoms with Gasteiger partial charge in [0.2, 0.25) is 5.88 Å². The van der Waals surface area contributed by atoms with E-state index in [0.717, 1.165) is 25.2 Å². The molecule has 1 aromatic rings. The summed E-state index contributed by atoms with van der Waals surface area (Å²) in [7, 11) is 0. The first-order valence-electron chi connectivity index (χ1n) is 5.91. The molecule has 0 saturated heterocycles. The molecule has 1 aromatic heterocycles. The van der Waals surface area contributed by atoms with E-state index in [9.17, 15) is 0 Å². The van der Waals surface area contributed by atoms with Crippen LogP contribution in [0.3, 0.4) is 0 Å². The van der Waals surface area contributed by atoms with Crippen molar-refractivity contribution in [1.29, 1.82) is 0 Å². The second-order valence-corrected chi connectivity index (χ2v) is 4.05. The van der Waals surface area contributed by atoms with Crippen LogP contribution in [0.2, 0.25) is 5.02 Å². The minimum absolute atomic E-state index is 0.397. The quantitative estimate of drug-likeness (QED) is 0.811. The van der Waals surface area contributed by atoms with E-state index < -0.39 is 0 Å². The highest BCUT2D eigenvalue weighted by molar-refractivity contribution is 6.32. The number of rotatable bonds is 7. The van der Waals surface area contributed by atoms with Crippen molar-refractivity contribution in [2.75, 3.05) is 26.2 Å². The number of nitrogens with zero attached hydrogens (tertiary/aromatic N) is 2. The fourth-order valence-corrected chi connectivity index (χ4v) is 1.78. The Kier molecular flexibility index (Phi) is 6.26. The predicted molar refractivity (Wildman–Crippen MR) is 70.4 cm³/mol. The summed E-state index contributed by atoms with van der Waals surface area (Å²) in [6.07, 6.45) is 1.67. The van der Waals surface area contributed by atoms with Gasteiger partial charge < -0.3 is 15.4 Å². The van der Waals surface area contributed by atoms with Crippen molar-refractivity contribution >= 4 is 11.6 Å². The highest BCUT2D eigenvalue weighted by Gasteiger charge is 2.08. The molecule has 2 N–H and O–H groups in total. The molecule has 17 heavy (non-hydrogen) atoms. The summed E-state index contributed by atoms with van der Waals surface area (Å²) in [5, 5.41) is 0.523. The van der Waals surface area contributed by atoms with Gasteiger partial charge in [-0.1, -0.05) is 25.4 Å². The largest absolute Gasteiger partial charge is 0.475 e. The summed E-state index contributed by atoms with van der Waals surface area (Å²) < 4.78 is 5.57. The van der Waals surface area contributed by atoms with Gasteiger partial charge in [0.15, 0.2) is 0 Å². The Labute approximate surface area is 108 Å². The van der Waals surface area contributed by atoms with Gasteiger partial charge in [-0.3, -0.25) is 0 Å². The van der Waals surface area contributed by atoms with E-state index in [1.54, 1.807) is 12.3 Å². The van der Waals surface area contributed by atoms with E-state index in [0.29, 0.717) is 24.1 Å². The fourth-order valence-electron chi connectivity index (χ4n) is 1.53. The lowest BCUT2D eigenvalue weighted by molar-refractivity contribution is 0.218. The van der Waals surface area contributed by atoms with Crippen LogP contribution in [0, 0.1) is 0 Å². The van der Waals surface area contributed by atoms with Crippen LogP contribution in [-0.4, -0.2) is 36.1 Å². The van der Waals surface area contributed by atoms with Crippen LogP contribution in [0.1, 0.15) is 19.4 Å². The van der Waals surface area contributed by atoms with Crippen LogP contribution >= 0.6 is 11.6 Å². The number of pyridine rings is 1. The maximum Gasteiger partial charge on any atom is 0.232 e. The molecular weight excluding hydrogens is 238 g/mol. The molecule has 0 aliphatic heterocycles. The van der Waals surface area contributed by atoms with Gasteiger partial charge in [-0.2, -0.15) is 0 Å². The average Bonchev–Trinajstić information content (AvgIpc) is 2.36. The molecular formula is C12H20ClN3O. The molecule has 4 nitrogen and oxygen atoms in total. The molecule has 0 bridgehead atoms. The molecule has 0 radical (unpaired) electrons.